The number of benzene rings is 2. The topological polar surface area (TPSA) is 52.4 Å². The summed E-state index contributed by atoms with van der Waals surface area (Å²) in [4.78, 5) is 2.28. The van der Waals surface area contributed by atoms with Gasteiger partial charge in [0, 0.05) is 13.1 Å². The van der Waals surface area contributed by atoms with E-state index in [1.54, 1.807) is 7.11 Å². The summed E-state index contributed by atoms with van der Waals surface area (Å²) in [5.41, 5.74) is 4.54. The summed E-state index contributed by atoms with van der Waals surface area (Å²) < 4.78 is 13.0. The molecule has 2 heterocycles. The maximum atomic E-state index is 5.93. The van der Waals surface area contributed by atoms with Gasteiger partial charge in [-0.25, -0.2) is 4.68 Å². The number of ether oxygens (including phenoxy) is 2. The summed E-state index contributed by atoms with van der Waals surface area (Å²) in [6, 6.07) is 16.6. The summed E-state index contributed by atoms with van der Waals surface area (Å²) >= 11 is 0. The zero-order chi connectivity index (χ0) is 18.6. The molecule has 6 heteroatoms. The normalized spacial score (nSPS) is 17.3. The van der Waals surface area contributed by atoms with Crippen molar-refractivity contribution in [1.29, 1.82) is 0 Å². The molecule has 1 aliphatic heterocycles. The monoisotopic (exact) mass is 364 g/mol. The Kier molecular flexibility index (Phi) is 5.18. The van der Waals surface area contributed by atoms with Gasteiger partial charge in [-0.2, -0.15) is 0 Å². The summed E-state index contributed by atoms with van der Waals surface area (Å²) in [5.74, 6) is 0.868. The van der Waals surface area contributed by atoms with E-state index in [2.05, 4.69) is 58.5 Å². The van der Waals surface area contributed by atoms with Crippen LogP contribution < -0.4 is 4.74 Å². The second-order valence-electron chi connectivity index (χ2n) is 6.87. The first-order valence-corrected chi connectivity index (χ1v) is 9.15. The van der Waals surface area contributed by atoms with Crippen molar-refractivity contribution in [3.05, 3.63) is 77.1 Å². The first kappa shape index (κ1) is 17.7. The lowest BCUT2D eigenvalue weighted by Gasteiger charge is -2.21. The third kappa shape index (κ3) is 4.18. The van der Waals surface area contributed by atoms with Gasteiger partial charge in [0.1, 0.15) is 11.4 Å². The molecule has 3 aromatic rings. The number of aryl methyl sites for hydroxylation is 1. The lowest BCUT2D eigenvalue weighted by molar-refractivity contribution is 0.0252. The summed E-state index contributed by atoms with van der Waals surface area (Å²) in [6.45, 7) is 5.18. The molecule has 1 aliphatic rings. The number of methoxy groups -OCH3 is 1. The molecule has 140 valence electrons. The highest BCUT2D eigenvalue weighted by Gasteiger charge is 2.29. The van der Waals surface area contributed by atoms with Crippen molar-refractivity contribution in [3.63, 3.8) is 0 Å². The maximum Gasteiger partial charge on any atom is 0.157 e. The lowest BCUT2D eigenvalue weighted by Crippen LogP contribution is -2.23. The Hall–Kier alpha value is -2.70. The molecule has 0 radical (unpaired) electrons. The molecular formula is C21H24N4O2. The van der Waals surface area contributed by atoms with E-state index in [0.29, 0.717) is 13.2 Å². The fraction of sp³-hybridized carbons (Fsp3) is 0.333. The predicted molar refractivity (Wildman–Crippen MR) is 102 cm³/mol. The van der Waals surface area contributed by atoms with Gasteiger partial charge in [-0.05, 0) is 30.2 Å². The van der Waals surface area contributed by atoms with Crippen LogP contribution in [0.25, 0.3) is 0 Å². The second kappa shape index (κ2) is 7.90. The Balaban J connectivity index is 1.43. The van der Waals surface area contributed by atoms with Crippen molar-refractivity contribution in [2.24, 2.45) is 0 Å². The molecule has 27 heavy (non-hydrogen) atoms. The number of hydrogen-bond acceptors (Lipinski definition) is 5. The van der Waals surface area contributed by atoms with Crippen molar-refractivity contribution >= 4 is 0 Å². The van der Waals surface area contributed by atoms with Crippen molar-refractivity contribution in [3.8, 4) is 5.75 Å². The van der Waals surface area contributed by atoms with E-state index in [-0.39, 0.29) is 6.23 Å². The molecule has 4 rings (SSSR count). The molecule has 1 aromatic heterocycles. The van der Waals surface area contributed by atoms with Crippen LogP contribution in [-0.4, -0.2) is 40.2 Å². The van der Waals surface area contributed by atoms with E-state index in [4.69, 9.17) is 9.47 Å². The standard InChI is InChI=1S/C21H24N4O2/c1-16-3-5-18(6-4-16)14-25-15-20(22-23-25)21-24(11-12-27-21)13-17-7-9-19(26-2)10-8-17/h3-10,15,21H,11-14H2,1-2H3/t21-/m0/s1. The van der Waals surface area contributed by atoms with Crippen LogP contribution >= 0.6 is 0 Å². The molecule has 1 atom stereocenters. The van der Waals surface area contributed by atoms with Crippen LogP contribution in [0.15, 0.2) is 54.7 Å². The largest absolute Gasteiger partial charge is 0.497 e. The minimum absolute atomic E-state index is 0.154. The number of rotatable bonds is 6. The third-order valence-electron chi connectivity index (χ3n) is 4.81. The van der Waals surface area contributed by atoms with Crippen LogP contribution in [0.1, 0.15) is 28.6 Å². The maximum absolute atomic E-state index is 5.93. The van der Waals surface area contributed by atoms with Crippen molar-refractivity contribution in [2.45, 2.75) is 26.2 Å². The fourth-order valence-corrected chi connectivity index (χ4v) is 3.29. The van der Waals surface area contributed by atoms with E-state index in [9.17, 15) is 0 Å². The SMILES string of the molecule is COc1ccc(CN2CCO[C@H]2c2cn(Cc3ccc(C)cc3)nn2)cc1. The summed E-state index contributed by atoms with van der Waals surface area (Å²) in [5, 5.41) is 8.64. The highest BCUT2D eigenvalue weighted by molar-refractivity contribution is 5.27. The van der Waals surface area contributed by atoms with Crippen LogP contribution in [-0.2, 0) is 17.8 Å². The summed E-state index contributed by atoms with van der Waals surface area (Å²) in [7, 11) is 1.68. The number of nitrogens with zero attached hydrogens (tertiary/aromatic N) is 4. The smallest absolute Gasteiger partial charge is 0.157 e. The molecule has 0 spiro atoms. The minimum atomic E-state index is -0.154. The molecule has 0 unspecified atom stereocenters. The second-order valence-corrected chi connectivity index (χ2v) is 6.87. The highest BCUT2D eigenvalue weighted by Crippen LogP contribution is 2.27. The van der Waals surface area contributed by atoms with Gasteiger partial charge in [0.25, 0.3) is 0 Å². The number of aromatic nitrogens is 3. The van der Waals surface area contributed by atoms with E-state index in [1.165, 1.54) is 16.7 Å². The molecule has 0 bridgehead atoms. The fourth-order valence-electron chi connectivity index (χ4n) is 3.29. The van der Waals surface area contributed by atoms with Gasteiger partial charge >= 0.3 is 0 Å². The van der Waals surface area contributed by atoms with Crippen molar-refractivity contribution in [2.75, 3.05) is 20.3 Å². The number of hydrogen-bond donors (Lipinski definition) is 0. The summed E-state index contributed by atoms with van der Waals surface area (Å²) in [6.07, 6.45) is 1.83. The quantitative estimate of drug-likeness (QED) is 0.672. The molecule has 0 aliphatic carbocycles. The Morgan fingerprint density at radius 3 is 2.48 bits per heavy atom. The molecule has 0 N–H and O–H groups in total. The third-order valence-corrected chi connectivity index (χ3v) is 4.81. The van der Waals surface area contributed by atoms with Crippen LogP contribution in [0.5, 0.6) is 5.75 Å². The Morgan fingerprint density at radius 2 is 1.74 bits per heavy atom. The van der Waals surface area contributed by atoms with Gasteiger partial charge < -0.3 is 9.47 Å². The Bertz CT molecular complexity index is 874. The van der Waals surface area contributed by atoms with E-state index in [0.717, 1.165) is 24.5 Å². The van der Waals surface area contributed by atoms with E-state index >= 15 is 0 Å². The molecule has 1 saturated heterocycles. The van der Waals surface area contributed by atoms with Gasteiger partial charge in [0.2, 0.25) is 0 Å². The molecule has 2 aromatic carbocycles. The van der Waals surface area contributed by atoms with Gasteiger partial charge in [0.05, 0.1) is 26.5 Å². The average Bonchev–Trinajstić information content (AvgIpc) is 3.33. The van der Waals surface area contributed by atoms with Crippen molar-refractivity contribution < 1.29 is 9.47 Å². The molecule has 0 saturated carbocycles. The molecule has 6 nitrogen and oxygen atoms in total. The van der Waals surface area contributed by atoms with Gasteiger partial charge in [-0.3, -0.25) is 4.90 Å². The Morgan fingerprint density at radius 1 is 1.04 bits per heavy atom. The first-order valence-electron chi connectivity index (χ1n) is 9.15. The zero-order valence-corrected chi connectivity index (χ0v) is 15.7. The van der Waals surface area contributed by atoms with E-state index < -0.39 is 0 Å². The molecular weight excluding hydrogens is 340 g/mol. The lowest BCUT2D eigenvalue weighted by atomic mass is 10.1. The van der Waals surface area contributed by atoms with Crippen LogP contribution in [0.3, 0.4) is 0 Å². The average molecular weight is 364 g/mol. The predicted octanol–water partition coefficient (Wildman–Crippen LogP) is 3.17. The molecule has 0 amide bonds. The van der Waals surface area contributed by atoms with E-state index in [1.807, 2.05) is 23.0 Å². The van der Waals surface area contributed by atoms with Crippen LogP contribution in [0.4, 0.5) is 0 Å². The van der Waals surface area contributed by atoms with Crippen LogP contribution in [0.2, 0.25) is 0 Å². The highest BCUT2D eigenvalue weighted by atomic mass is 16.5. The minimum Gasteiger partial charge on any atom is -0.497 e. The van der Waals surface area contributed by atoms with Crippen LogP contribution in [0, 0.1) is 6.92 Å². The molecule has 1 fully saturated rings. The first-order chi connectivity index (χ1) is 13.2. The zero-order valence-electron chi connectivity index (χ0n) is 15.7. The van der Waals surface area contributed by atoms with Gasteiger partial charge in [0.15, 0.2) is 6.23 Å². The van der Waals surface area contributed by atoms with Gasteiger partial charge in [-0.15, -0.1) is 5.10 Å². The van der Waals surface area contributed by atoms with Crippen molar-refractivity contribution in [1.82, 2.24) is 19.9 Å². The Labute approximate surface area is 159 Å². The van der Waals surface area contributed by atoms with Gasteiger partial charge in [-0.1, -0.05) is 47.2 Å².